The number of aliphatic hydroxyl groups is 1. The van der Waals surface area contributed by atoms with E-state index in [2.05, 4.69) is 5.32 Å². The Hall–Kier alpha value is -1.88. The van der Waals surface area contributed by atoms with Crippen LogP contribution in [0.1, 0.15) is 28.4 Å². The summed E-state index contributed by atoms with van der Waals surface area (Å²) in [6.07, 6.45) is 0. The summed E-state index contributed by atoms with van der Waals surface area (Å²) in [5, 5.41) is 20.6. The van der Waals surface area contributed by atoms with Crippen LogP contribution in [0.4, 0.5) is 0 Å². The first kappa shape index (κ1) is 14.2. The van der Waals surface area contributed by atoms with Crippen molar-refractivity contribution in [3.8, 4) is 0 Å². The highest BCUT2D eigenvalue weighted by atomic mass is 16.4. The molecule has 18 heavy (non-hydrogen) atoms. The lowest BCUT2D eigenvalue weighted by atomic mass is 10.0. The maximum absolute atomic E-state index is 11.8. The van der Waals surface area contributed by atoms with E-state index in [1.807, 2.05) is 13.0 Å². The molecule has 0 aliphatic rings. The average Bonchev–Trinajstić information content (AvgIpc) is 2.25. The maximum Gasteiger partial charge on any atom is 0.337 e. The van der Waals surface area contributed by atoms with Crippen molar-refractivity contribution >= 4 is 11.9 Å². The minimum atomic E-state index is -1.96. The number of hydrogen-bond donors (Lipinski definition) is 3. The van der Waals surface area contributed by atoms with Crippen molar-refractivity contribution in [3.05, 3.63) is 34.9 Å². The first-order valence-electron chi connectivity index (χ1n) is 5.55. The number of aryl methyl sites for hydroxylation is 2. The third-order valence-corrected chi connectivity index (χ3v) is 2.68. The summed E-state index contributed by atoms with van der Waals surface area (Å²) in [6, 6.07) is 5.34. The number of carbonyl (C=O) groups is 2. The molecule has 5 nitrogen and oxygen atoms in total. The molecule has 0 heterocycles. The predicted octanol–water partition coefficient (Wildman–Crippen LogP) is 0.869. The number of carbonyl (C=O) groups excluding carboxylic acids is 1. The van der Waals surface area contributed by atoms with E-state index in [0.29, 0.717) is 5.56 Å². The van der Waals surface area contributed by atoms with E-state index in [1.165, 1.54) is 0 Å². The van der Waals surface area contributed by atoms with Gasteiger partial charge in [-0.3, -0.25) is 4.79 Å². The van der Waals surface area contributed by atoms with Crippen LogP contribution in [0.2, 0.25) is 0 Å². The molecule has 0 radical (unpaired) electrons. The van der Waals surface area contributed by atoms with Crippen LogP contribution in [0.15, 0.2) is 18.2 Å². The summed E-state index contributed by atoms with van der Waals surface area (Å²) in [6.45, 7) is 4.52. The monoisotopic (exact) mass is 251 g/mol. The fraction of sp³-hybridized carbons (Fsp3) is 0.385. The molecule has 0 aliphatic carbocycles. The first-order valence-corrected chi connectivity index (χ1v) is 5.55. The molecule has 0 saturated heterocycles. The molecular formula is C13H17NO4. The van der Waals surface area contributed by atoms with E-state index < -0.39 is 17.5 Å². The minimum absolute atomic E-state index is 0.339. The standard InChI is InChI=1S/C13H17NO4/c1-8-4-5-10(9(2)6-8)11(15)14-7-13(3,18)12(16)17/h4-6,18H,7H2,1-3H3,(H,14,15)(H,16,17). The Morgan fingerprint density at radius 1 is 1.33 bits per heavy atom. The molecule has 0 saturated carbocycles. The molecule has 0 fully saturated rings. The normalized spacial score (nSPS) is 13.8. The van der Waals surface area contributed by atoms with E-state index in [-0.39, 0.29) is 6.54 Å². The zero-order valence-corrected chi connectivity index (χ0v) is 10.7. The highest BCUT2D eigenvalue weighted by Gasteiger charge is 2.30. The Morgan fingerprint density at radius 3 is 2.44 bits per heavy atom. The number of rotatable bonds is 4. The van der Waals surface area contributed by atoms with Crippen molar-refractivity contribution in [3.63, 3.8) is 0 Å². The van der Waals surface area contributed by atoms with Gasteiger partial charge in [-0.25, -0.2) is 4.79 Å². The number of benzene rings is 1. The summed E-state index contributed by atoms with van der Waals surface area (Å²) in [5.74, 6) is -1.77. The van der Waals surface area contributed by atoms with Crippen LogP contribution in [0.5, 0.6) is 0 Å². The number of carboxylic acids is 1. The second kappa shape index (κ2) is 5.18. The molecule has 1 rings (SSSR count). The number of hydrogen-bond acceptors (Lipinski definition) is 3. The highest BCUT2D eigenvalue weighted by Crippen LogP contribution is 2.11. The first-order chi connectivity index (χ1) is 8.24. The van der Waals surface area contributed by atoms with Crippen LogP contribution >= 0.6 is 0 Å². The summed E-state index contributed by atoms with van der Waals surface area (Å²) >= 11 is 0. The topological polar surface area (TPSA) is 86.6 Å². The molecule has 3 N–H and O–H groups in total. The quantitative estimate of drug-likeness (QED) is 0.741. The summed E-state index contributed by atoms with van der Waals surface area (Å²) in [5.41, 5.74) is 0.361. The van der Waals surface area contributed by atoms with E-state index >= 15 is 0 Å². The lowest BCUT2D eigenvalue weighted by Gasteiger charge is -2.18. The Labute approximate surface area is 105 Å². The Balaban J connectivity index is 2.75. The highest BCUT2D eigenvalue weighted by molar-refractivity contribution is 5.96. The van der Waals surface area contributed by atoms with Gasteiger partial charge in [-0.1, -0.05) is 17.7 Å². The number of carboxylic acid groups (broad SMARTS) is 1. The third kappa shape index (κ3) is 3.30. The van der Waals surface area contributed by atoms with Crippen molar-refractivity contribution in [2.45, 2.75) is 26.4 Å². The maximum atomic E-state index is 11.8. The van der Waals surface area contributed by atoms with Crippen LogP contribution < -0.4 is 5.32 Å². The lowest BCUT2D eigenvalue weighted by Crippen LogP contribution is -2.46. The molecule has 98 valence electrons. The molecule has 0 aromatic heterocycles. The van der Waals surface area contributed by atoms with Crippen LogP contribution in [-0.4, -0.2) is 34.2 Å². The van der Waals surface area contributed by atoms with Gasteiger partial charge in [0.15, 0.2) is 5.60 Å². The molecule has 1 amide bonds. The van der Waals surface area contributed by atoms with Gasteiger partial charge in [-0.15, -0.1) is 0 Å². The summed E-state index contributed by atoms with van der Waals surface area (Å²) in [4.78, 5) is 22.5. The van der Waals surface area contributed by atoms with Gasteiger partial charge in [0.25, 0.3) is 5.91 Å². The van der Waals surface area contributed by atoms with E-state index in [0.717, 1.165) is 18.1 Å². The summed E-state index contributed by atoms with van der Waals surface area (Å²) < 4.78 is 0. The van der Waals surface area contributed by atoms with Gasteiger partial charge in [-0.2, -0.15) is 0 Å². The van der Waals surface area contributed by atoms with Crippen molar-refractivity contribution in [2.24, 2.45) is 0 Å². The van der Waals surface area contributed by atoms with Crippen molar-refractivity contribution < 1.29 is 19.8 Å². The van der Waals surface area contributed by atoms with Crippen LogP contribution in [0.3, 0.4) is 0 Å². The molecule has 0 aliphatic heterocycles. The molecule has 0 bridgehead atoms. The fourth-order valence-corrected chi connectivity index (χ4v) is 1.49. The lowest BCUT2D eigenvalue weighted by molar-refractivity contribution is -0.155. The van der Waals surface area contributed by atoms with Gasteiger partial charge in [0.05, 0.1) is 6.54 Å². The Kier molecular flexibility index (Phi) is 4.08. The van der Waals surface area contributed by atoms with Crippen LogP contribution in [0, 0.1) is 13.8 Å². The van der Waals surface area contributed by atoms with E-state index in [4.69, 9.17) is 5.11 Å². The van der Waals surface area contributed by atoms with Gasteiger partial charge >= 0.3 is 5.97 Å². The molecule has 1 unspecified atom stereocenters. The van der Waals surface area contributed by atoms with Gasteiger partial charge in [0.2, 0.25) is 0 Å². The zero-order valence-electron chi connectivity index (χ0n) is 10.7. The predicted molar refractivity (Wildman–Crippen MR) is 66.5 cm³/mol. The molecule has 1 aromatic carbocycles. The van der Waals surface area contributed by atoms with Crippen molar-refractivity contribution in [2.75, 3.05) is 6.54 Å². The smallest absolute Gasteiger partial charge is 0.337 e. The minimum Gasteiger partial charge on any atom is -0.479 e. The average molecular weight is 251 g/mol. The fourth-order valence-electron chi connectivity index (χ4n) is 1.49. The molecule has 1 atom stereocenters. The SMILES string of the molecule is Cc1ccc(C(=O)NCC(C)(O)C(=O)O)c(C)c1. The van der Waals surface area contributed by atoms with Crippen molar-refractivity contribution in [1.29, 1.82) is 0 Å². The largest absolute Gasteiger partial charge is 0.479 e. The van der Waals surface area contributed by atoms with Crippen molar-refractivity contribution in [1.82, 2.24) is 5.32 Å². The van der Waals surface area contributed by atoms with Crippen LogP contribution in [0.25, 0.3) is 0 Å². The van der Waals surface area contributed by atoms with E-state index in [1.54, 1.807) is 19.1 Å². The van der Waals surface area contributed by atoms with Gasteiger partial charge < -0.3 is 15.5 Å². The van der Waals surface area contributed by atoms with Gasteiger partial charge in [-0.05, 0) is 32.4 Å². The Morgan fingerprint density at radius 2 is 1.94 bits per heavy atom. The van der Waals surface area contributed by atoms with E-state index in [9.17, 15) is 14.7 Å². The molecule has 1 aromatic rings. The second-order valence-electron chi connectivity index (χ2n) is 4.58. The molecule has 0 spiro atoms. The second-order valence-corrected chi connectivity index (χ2v) is 4.58. The summed E-state index contributed by atoms with van der Waals surface area (Å²) in [7, 11) is 0. The number of aliphatic carboxylic acids is 1. The number of nitrogens with one attached hydrogen (secondary N) is 1. The molecular weight excluding hydrogens is 234 g/mol. The van der Waals surface area contributed by atoms with Gasteiger partial charge in [0.1, 0.15) is 0 Å². The molecule has 5 heteroatoms. The third-order valence-electron chi connectivity index (χ3n) is 2.68. The van der Waals surface area contributed by atoms with Crippen LogP contribution in [-0.2, 0) is 4.79 Å². The zero-order chi connectivity index (χ0) is 13.9. The Bertz CT molecular complexity index is 480. The van der Waals surface area contributed by atoms with Gasteiger partial charge in [0, 0.05) is 5.56 Å². The number of amides is 1.